The summed E-state index contributed by atoms with van der Waals surface area (Å²) in [5, 5.41) is 18.8. The molecule has 1 fully saturated rings. The Morgan fingerprint density at radius 3 is 2.54 bits per heavy atom. The number of carboxylic acids is 1. The van der Waals surface area contributed by atoms with Crippen molar-refractivity contribution in [1.29, 1.82) is 0 Å². The minimum Gasteiger partial charge on any atom is -0.481 e. The molecule has 1 saturated carbocycles. The van der Waals surface area contributed by atoms with Crippen LogP contribution in [0.4, 0.5) is 0 Å². The van der Waals surface area contributed by atoms with Crippen molar-refractivity contribution in [2.75, 3.05) is 0 Å². The number of benzene rings is 1. The SMILES string of the molecule is O=C(O)CCCCCC[C@@H]1C(=O)C[C@@H](O)[C@H]1C=Cc1ccccc1. The molecule has 0 aliphatic heterocycles. The molecule has 0 unspecified atom stereocenters. The number of aliphatic hydroxyl groups excluding tert-OH is 1. The number of carbonyl (C=O) groups excluding carboxylic acids is 1. The Kier molecular flexibility index (Phi) is 7.19. The predicted octanol–water partition coefficient (Wildman–Crippen LogP) is 3.69. The Bertz CT molecular complexity index is 564. The van der Waals surface area contributed by atoms with Crippen LogP contribution in [0.1, 0.15) is 50.5 Å². The molecule has 1 aromatic carbocycles. The average molecular weight is 330 g/mol. The van der Waals surface area contributed by atoms with E-state index >= 15 is 0 Å². The third kappa shape index (κ3) is 5.60. The summed E-state index contributed by atoms with van der Waals surface area (Å²) in [4.78, 5) is 22.6. The molecular weight excluding hydrogens is 304 g/mol. The number of aliphatic carboxylic acids is 1. The summed E-state index contributed by atoms with van der Waals surface area (Å²) in [7, 11) is 0. The number of carbonyl (C=O) groups is 2. The van der Waals surface area contributed by atoms with Gasteiger partial charge in [-0.05, 0) is 18.4 Å². The number of hydrogen-bond acceptors (Lipinski definition) is 3. The van der Waals surface area contributed by atoms with Crippen LogP contribution in [0.15, 0.2) is 36.4 Å². The second-order valence-corrected chi connectivity index (χ2v) is 6.54. The average Bonchev–Trinajstić information content (AvgIpc) is 2.83. The van der Waals surface area contributed by atoms with E-state index in [1.54, 1.807) is 0 Å². The van der Waals surface area contributed by atoms with Gasteiger partial charge < -0.3 is 10.2 Å². The molecule has 130 valence electrons. The molecule has 24 heavy (non-hydrogen) atoms. The standard InChI is InChI=1S/C20H26O4/c21-18-14-19(22)17(13-12-15-8-4-3-5-9-15)16(18)10-6-1-2-7-11-20(23)24/h3-5,8-9,12-13,16-17,19,22H,1-2,6-7,10-11,14H2,(H,23,24)/t16-,17-,19+/m0/s1. The fourth-order valence-corrected chi connectivity index (χ4v) is 3.37. The number of Topliss-reactive ketones (excluding diaryl/α,β-unsaturated/α-hetero) is 1. The number of rotatable bonds is 9. The van der Waals surface area contributed by atoms with Gasteiger partial charge in [-0.1, -0.05) is 61.7 Å². The molecule has 1 aromatic rings. The largest absolute Gasteiger partial charge is 0.481 e. The highest BCUT2D eigenvalue weighted by Crippen LogP contribution is 2.34. The van der Waals surface area contributed by atoms with Gasteiger partial charge in [0.2, 0.25) is 0 Å². The summed E-state index contributed by atoms with van der Waals surface area (Å²) >= 11 is 0. The van der Waals surface area contributed by atoms with E-state index in [1.807, 2.05) is 42.5 Å². The van der Waals surface area contributed by atoms with Crippen molar-refractivity contribution in [2.24, 2.45) is 11.8 Å². The molecule has 0 radical (unpaired) electrons. The van der Waals surface area contributed by atoms with E-state index in [1.165, 1.54) is 0 Å². The maximum atomic E-state index is 12.1. The summed E-state index contributed by atoms with van der Waals surface area (Å²) in [6.45, 7) is 0. The minimum absolute atomic E-state index is 0.112. The smallest absolute Gasteiger partial charge is 0.303 e. The topological polar surface area (TPSA) is 74.6 Å². The van der Waals surface area contributed by atoms with Gasteiger partial charge in [-0.3, -0.25) is 9.59 Å². The van der Waals surface area contributed by atoms with E-state index in [-0.39, 0.29) is 30.5 Å². The molecule has 1 aliphatic rings. The van der Waals surface area contributed by atoms with Crippen LogP contribution in [-0.2, 0) is 9.59 Å². The third-order valence-corrected chi connectivity index (χ3v) is 4.70. The van der Waals surface area contributed by atoms with E-state index < -0.39 is 12.1 Å². The van der Waals surface area contributed by atoms with Gasteiger partial charge in [0.05, 0.1) is 6.10 Å². The van der Waals surface area contributed by atoms with Crippen LogP contribution in [0, 0.1) is 11.8 Å². The quantitative estimate of drug-likeness (QED) is 0.677. The molecule has 0 heterocycles. The molecule has 0 spiro atoms. The van der Waals surface area contributed by atoms with Crippen molar-refractivity contribution < 1.29 is 19.8 Å². The van der Waals surface area contributed by atoms with E-state index in [4.69, 9.17) is 5.11 Å². The lowest BCUT2D eigenvalue weighted by Gasteiger charge is -2.17. The van der Waals surface area contributed by atoms with Gasteiger partial charge in [-0.25, -0.2) is 0 Å². The van der Waals surface area contributed by atoms with Gasteiger partial charge in [-0.2, -0.15) is 0 Å². The minimum atomic E-state index is -0.754. The normalized spacial score (nSPS) is 23.9. The Hall–Kier alpha value is -1.94. The number of ketones is 1. The van der Waals surface area contributed by atoms with Crippen LogP contribution in [0.5, 0.6) is 0 Å². The summed E-state index contributed by atoms with van der Waals surface area (Å²) in [6, 6.07) is 9.88. The summed E-state index contributed by atoms with van der Waals surface area (Å²) in [5.41, 5.74) is 1.07. The van der Waals surface area contributed by atoms with Crippen molar-refractivity contribution in [1.82, 2.24) is 0 Å². The molecule has 4 heteroatoms. The number of aliphatic hydroxyl groups is 1. The Labute approximate surface area is 143 Å². The highest BCUT2D eigenvalue weighted by molar-refractivity contribution is 5.84. The first-order valence-corrected chi connectivity index (χ1v) is 8.74. The van der Waals surface area contributed by atoms with E-state index in [0.717, 1.165) is 31.2 Å². The molecule has 0 bridgehead atoms. The monoisotopic (exact) mass is 330 g/mol. The summed E-state index contributed by atoms with van der Waals surface area (Å²) in [5.74, 6) is -0.831. The Morgan fingerprint density at radius 1 is 1.12 bits per heavy atom. The van der Waals surface area contributed by atoms with Gasteiger partial charge in [0.25, 0.3) is 0 Å². The molecule has 0 saturated heterocycles. The van der Waals surface area contributed by atoms with E-state index in [9.17, 15) is 14.7 Å². The molecule has 0 amide bonds. The van der Waals surface area contributed by atoms with Gasteiger partial charge >= 0.3 is 5.97 Å². The second kappa shape index (κ2) is 9.38. The lowest BCUT2D eigenvalue weighted by Crippen LogP contribution is -2.18. The molecule has 3 atom stereocenters. The van der Waals surface area contributed by atoms with Crippen LogP contribution in [0.25, 0.3) is 6.08 Å². The molecule has 1 aliphatic carbocycles. The van der Waals surface area contributed by atoms with Crippen molar-refractivity contribution in [3.63, 3.8) is 0 Å². The molecule has 4 nitrogen and oxygen atoms in total. The lowest BCUT2D eigenvalue weighted by molar-refractivity contribution is -0.137. The second-order valence-electron chi connectivity index (χ2n) is 6.54. The maximum Gasteiger partial charge on any atom is 0.303 e. The maximum absolute atomic E-state index is 12.1. The molecule has 2 N–H and O–H groups in total. The predicted molar refractivity (Wildman–Crippen MR) is 93.4 cm³/mol. The van der Waals surface area contributed by atoms with E-state index in [0.29, 0.717) is 6.42 Å². The molecule has 2 rings (SSSR count). The number of unbranched alkanes of at least 4 members (excludes halogenated alkanes) is 3. The molecular formula is C20H26O4. The Balaban J connectivity index is 1.83. The third-order valence-electron chi connectivity index (χ3n) is 4.70. The zero-order chi connectivity index (χ0) is 17.4. The van der Waals surface area contributed by atoms with Crippen LogP contribution >= 0.6 is 0 Å². The lowest BCUT2D eigenvalue weighted by atomic mass is 9.88. The first-order valence-electron chi connectivity index (χ1n) is 8.74. The van der Waals surface area contributed by atoms with Crippen molar-refractivity contribution in [3.8, 4) is 0 Å². The summed E-state index contributed by atoms with van der Waals surface area (Å²) in [6.07, 6.45) is 7.99. The van der Waals surface area contributed by atoms with Crippen LogP contribution in [-0.4, -0.2) is 28.1 Å². The first-order chi connectivity index (χ1) is 11.6. The fraction of sp³-hybridized carbons (Fsp3) is 0.500. The first kappa shape index (κ1) is 18.4. The zero-order valence-corrected chi connectivity index (χ0v) is 13.9. The highest BCUT2D eigenvalue weighted by atomic mass is 16.4. The van der Waals surface area contributed by atoms with Gasteiger partial charge in [0.15, 0.2) is 0 Å². The van der Waals surface area contributed by atoms with Gasteiger partial charge in [0.1, 0.15) is 5.78 Å². The molecule has 0 aromatic heterocycles. The van der Waals surface area contributed by atoms with Crippen LogP contribution in [0.3, 0.4) is 0 Å². The Morgan fingerprint density at radius 2 is 1.83 bits per heavy atom. The van der Waals surface area contributed by atoms with Crippen molar-refractivity contribution >= 4 is 17.8 Å². The van der Waals surface area contributed by atoms with E-state index in [2.05, 4.69) is 0 Å². The zero-order valence-electron chi connectivity index (χ0n) is 13.9. The van der Waals surface area contributed by atoms with Crippen molar-refractivity contribution in [2.45, 2.75) is 51.0 Å². The highest BCUT2D eigenvalue weighted by Gasteiger charge is 2.39. The number of hydrogen-bond donors (Lipinski definition) is 2. The van der Waals surface area contributed by atoms with Gasteiger partial charge in [-0.15, -0.1) is 0 Å². The van der Waals surface area contributed by atoms with Gasteiger partial charge in [0, 0.05) is 24.7 Å². The number of carboxylic acid groups (broad SMARTS) is 1. The van der Waals surface area contributed by atoms with Crippen LogP contribution < -0.4 is 0 Å². The summed E-state index contributed by atoms with van der Waals surface area (Å²) < 4.78 is 0. The van der Waals surface area contributed by atoms with Crippen LogP contribution in [0.2, 0.25) is 0 Å². The van der Waals surface area contributed by atoms with Crippen molar-refractivity contribution in [3.05, 3.63) is 42.0 Å². The fourth-order valence-electron chi connectivity index (χ4n) is 3.37.